The van der Waals surface area contributed by atoms with Crippen LogP contribution in [0.15, 0.2) is 34.7 Å². The molecule has 2 bridgehead atoms. The molecule has 2 heterocycles. The summed E-state index contributed by atoms with van der Waals surface area (Å²) in [5.41, 5.74) is 1.37. The zero-order valence-corrected chi connectivity index (χ0v) is 13.6. The van der Waals surface area contributed by atoms with Gasteiger partial charge in [-0.05, 0) is 42.2 Å². The van der Waals surface area contributed by atoms with Crippen molar-refractivity contribution in [3.8, 4) is 0 Å². The van der Waals surface area contributed by atoms with Crippen molar-refractivity contribution < 1.29 is 9.21 Å². The van der Waals surface area contributed by atoms with Gasteiger partial charge in [0.05, 0.1) is 0 Å². The normalized spacial score (nSPS) is 30.0. The summed E-state index contributed by atoms with van der Waals surface area (Å²) in [5, 5.41) is 1.000. The van der Waals surface area contributed by atoms with Crippen LogP contribution in [0.4, 0.5) is 0 Å². The molecule has 1 aliphatic heterocycles. The van der Waals surface area contributed by atoms with Gasteiger partial charge in [0.1, 0.15) is 5.58 Å². The third kappa shape index (κ3) is 2.15. The monoisotopic (exact) mass is 297 g/mol. The molecule has 1 aromatic carbocycles. The average Bonchev–Trinajstić information content (AvgIpc) is 2.95. The molecular weight excluding hydrogens is 274 g/mol. The topological polar surface area (TPSA) is 33.5 Å². The Kier molecular flexibility index (Phi) is 2.76. The van der Waals surface area contributed by atoms with Crippen LogP contribution < -0.4 is 0 Å². The van der Waals surface area contributed by atoms with Crippen molar-refractivity contribution in [1.82, 2.24) is 4.90 Å². The van der Waals surface area contributed by atoms with Crippen LogP contribution in [-0.2, 0) is 0 Å². The van der Waals surface area contributed by atoms with Gasteiger partial charge in [-0.15, -0.1) is 0 Å². The van der Waals surface area contributed by atoms with Crippen molar-refractivity contribution in [2.24, 2.45) is 10.8 Å². The molecule has 1 aliphatic carbocycles. The number of amides is 1. The largest absolute Gasteiger partial charge is 0.451 e. The summed E-state index contributed by atoms with van der Waals surface area (Å²) in [6, 6.07) is 10.1. The van der Waals surface area contributed by atoms with Gasteiger partial charge in [0.25, 0.3) is 5.91 Å². The van der Waals surface area contributed by atoms with Crippen LogP contribution in [0.3, 0.4) is 0 Å². The quantitative estimate of drug-likeness (QED) is 0.778. The molecule has 1 saturated carbocycles. The second-order valence-electron chi connectivity index (χ2n) is 8.30. The van der Waals surface area contributed by atoms with E-state index in [4.69, 9.17) is 4.42 Å². The Morgan fingerprint density at radius 3 is 2.77 bits per heavy atom. The molecule has 2 aromatic rings. The Balaban J connectivity index is 1.66. The van der Waals surface area contributed by atoms with E-state index in [0.717, 1.165) is 30.4 Å². The van der Waals surface area contributed by atoms with Gasteiger partial charge >= 0.3 is 0 Å². The Bertz CT molecular complexity index is 712. The first-order valence-corrected chi connectivity index (χ1v) is 8.15. The Morgan fingerprint density at radius 2 is 2.00 bits per heavy atom. The van der Waals surface area contributed by atoms with Gasteiger partial charge in [-0.1, -0.05) is 39.0 Å². The fraction of sp³-hybridized carbons (Fsp3) is 0.526. The highest BCUT2D eigenvalue weighted by Gasteiger charge is 2.51. The third-order valence-electron chi connectivity index (χ3n) is 5.31. The van der Waals surface area contributed by atoms with Crippen LogP contribution in [0, 0.1) is 10.8 Å². The van der Waals surface area contributed by atoms with Crippen LogP contribution in [0.5, 0.6) is 0 Å². The summed E-state index contributed by atoms with van der Waals surface area (Å²) in [5.74, 6) is 0.540. The van der Waals surface area contributed by atoms with Crippen molar-refractivity contribution >= 4 is 16.9 Å². The first kappa shape index (κ1) is 13.9. The lowest BCUT2D eigenvalue weighted by Crippen LogP contribution is -2.37. The summed E-state index contributed by atoms with van der Waals surface area (Å²) in [6.45, 7) is 7.84. The van der Waals surface area contributed by atoms with Crippen LogP contribution in [0.25, 0.3) is 11.0 Å². The van der Waals surface area contributed by atoms with Crippen molar-refractivity contribution in [1.29, 1.82) is 0 Å². The van der Waals surface area contributed by atoms with Crippen LogP contribution >= 0.6 is 0 Å². The maximum Gasteiger partial charge on any atom is 0.289 e. The summed E-state index contributed by atoms with van der Waals surface area (Å²) < 4.78 is 5.78. The minimum absolute atomic E-state index is 0.0580. The highest BCUT2D eigenvalue weighted by Crippen LogP contribution is 2.52. The van der Waals surface area contributed by atoms with Gasteiger partial charge < -0.3 is 9.32 Å². The van der Waals surface area contributed by atoms with E-state index in [-0.39, 0.29) is 11.3 Å². The smallest absolute Gasteiger partial charge is 0.289 e. The van der Waals surface area contributed by atoms with Crippen LogP contribution in [-0.4, -0.2) is 23.4 Å². The maximum atomic E-state index is 12.9. The second-order valence-corrected chi connectivity index (χ2v) is 8.30. The van der Waals surface area contributed by atoms with Gasteiger partial charge in [0, 0.05) is 18.0 Å². The molecule has 1 aromatic heterocycles. The van der Waals surface area contributed by atoms with Crippen molar-refractivity contribution in [3.05, 3.63) is 36.1 Å². The Labute approximate surface area is 131 Å². The molecule has 116 valence electrons. The summed E-state index contributed by atoms with van der Waals surface area (Å²) >= 11 is 0. The molecule has 2 fully saturated rings. The first-order valence-electron chi connectivity index (χ1n) is 8.15. The zero-order valence-electron chi connectivity index (χ0n) is 13.6. The maximum absolute atomic E-state index is 12.9. The van der Waals surface area contributed by atoms with E-state index >= 15 is 0 Å². The lowest BCUT2D eigenvalue weighted by atomic mass is 9.65. The molecule has 2 atom stereocenters. The lowest BCUT2D eigenvalue weighted by Gasteiger charge is -2.39. The first-order chi connectivity index (χ1) is 10.4. The summed E-state index contributed by atoms with van der Waals surface area (Å²) in [6.07, 6.45) is 3.41. The zero-order chi connectivity index (χ0) is 15.5. The van der Waals surface area contributed by atoms with Gasteiger partial charge in [-0.2, -0.15) is 0 Å². The number of para-hydroxylation sites is 1. The number of carbonyl (C=O) groups excluding carboxylic acids is 1. The van der Waals surface area contributed by atoms with Gasteiger partial charge in [-0.3, -0.25) is 4.79 Å². The van der Waals surface area contributed by atoms with E-state index in [1.807, 2.05) is 30.3 Å². The molecule has 3 heteroatoms. The molecule has 1 amide bonds. The number of nitrogens with zero attached hydrogens (tertiary/aromatic N) is 1. The van der Waals surface area contributed by atoms with Gasteiger partial charge in [0.2, 0.25) is 0 Å². The Hall–Kier alpha value is -1.77. The van der Waals surface area contributed by atoms with E-state index in [2.05, 4.69) is 25.7 Å². The van der Waals surface area contributed by atoms with E-state index in [0.29, 0.717) is 17.2 Å². The van der Waals surface area contributed by atoms with Crippen LogP contribution in [0.1, 0.15) is 50.6 Å². The van der Waals surface area contributed by atoms with Crippen LogP contribution in [0.2, 0.25) is 0 Å². The third-order valence-corrected chi connectivity index (χ3v) is 5.31. The fourth-order valence-corrected chi connectivity index (χ4v) is 4.93. The Morgan fingerprint density at radius 1 is 1.23 bits per heavy atom. The molecule has 3 nitrogen and oxygen atoms in total. The number of hydrogen-bond donors (Lipinski definition) is 0. The number of carbonyl (C=O) groups is 1. The number of fused-ring (bicyclic) bond motifs is 3. The van der Waals surface area contributed by atoms with E-state index in [9.17, 15) is 4.79 Å². The molecule has 4 rings (SSSR count). The average molecular weight is 297 g/mol. The van der Waals surface area contributed by atoms with Crippen molar-refractivity contribution in [2.45, 2.75) is 46.1 Å². The van der Waals surface area contributed by atoms with Gasteiger partial charge in [0.15, 0.2) is 5.76 Å². The van der Waals surface area contributed by atoms with Crippen molar-refractivity contribution in [3.63, 3.8) is 0 Å². The molecular formula is C19H23NO2. The number of likely N-dealkylation sites (tertiary alicyclic amines) is 1. The second kappa shape index (κ2) is 4.37. The molecule has 0 unspecified atom stereocenters. The van der Waals surface area contributed by atoms with E-state index in [1.54, 1.807) is 0 Å². The highest BCUT2D eigenvalue weighted by atomic mass is 16.3. The minimum Gasteiger partial charge on any atom is -0.451 e. The predicted octanol–water partition coefficient (Wildman–Crippen LogP) is 4.47. The summed E-state index contributed by atoms with van der Waals surface area (Å²) in [7, 11) is 0. The molecule has 0 spiro atoms. The van der Waals surface area contributed by atoms with E-state index in [1.165, 1.54) is 6.42 Å². The number of benzene rings is 1. The molecule has 2 aliphatic rings. The number of hydrogen-bond acceptors (Lipinski definition) is 2. The molecule has 0 radical (unpaired) electrons. The fourth-order valence-electron chi connectivity index (χ4n) is 4.93. The predicted molar refractivity (Wildman–Crippen MR) is 86.8 cm³/mol. The number of rotatable bonds is 1. The van der Waals surface area contributed by atoms with Crippen molar-refractivity contribution in [2.75, 3.05) is 6.54 Å². The SMILES string of the molecule is CC1(C)C[C@H]2C[C@@](C)(CN2C(=O)c2cc3ccccc3o2)C1. The van der Waals surface area contributed by atoms with E-state index < -0.39 is 0 Å². The molecule has 1 saturated heterocycles. The summed E-state index contributed by atoms with van der Waals surface area (Å²) in [4.78, 5) is 15.0. The standard InChI is InChI=1S/C19H23NO2/c1-18(2)9-14-10-19(3,11-18)12-20(14)17(21)16-8-13-6-4-5-7-15(13)22-16/h4-8,14H,9-12H2,1-3H3/t14-,19+/m0/s1. The lowest BCUT2D eigenvalue weighted by molar-refractivity contribution is 0.0679. The molecule has 0 N–H and O–H groups in total. The highest BCUT2D eigenvalue weighted by molar-refractivity contribution is 5.96. The van der Waals surface area contributed by atoms with Gasteiger partial charge in [-0.25, -0.2) is 0 Å². The molecule has 22 heavy (non-hydrogen) atoms. The minimum atomic E-state index is 0.0580. The number of furan rings is 1.